The monoisotopic (exact) mass is 576 g/mol. The van der Waals surface area contributed by atoms with Crippen LogP contribution in [-0.4, -0.2) is 100 Å². The molecule has 3 aliphatic heterocycles. The molecule has 2 aromatic heterocycles. The van der Waals surface area contributed by atoms with Gasteiger partial charge in [-0.25, -0.2) is 9.97 Å². The third kappa shape index (κ3) is 7.28. The number of piperazine rings is 2. The summed E-state index contributed by atoms with van der Waals surface area (Å²) in [5.41, 5.74) is 2.22. The van der Waals surface area contributed by atoms with Gasteiger partial charge in [0.05, 0.1) is 13.2 Å². The minimum atomic E-state index is -0.592. The van der Waals surface area contributed by atoms with Crippen molar-refractivity contribution in [2.75, 3.05) is 83.0 Å². The predicted molar refractivity (Wildman–Crippen MR) is 160 cm³/mol. The molecule has 0 unspecified atom stereocenters. The van der Waals surface area contributed by atoms with Crippen LogP contribution in [0.3, 0.4) is 0 Å². The van der Waals surface area contributed by atoms with Crippen molar-refractivity contribution in [1.29, 1.82) is 0 Å². The second kappa shape index (κ2) is 14.8. The highest BCUT2D eigenvalue weighted by molar-refractivity contribution is 5.82. The fraction of sp³-hybridized carbons (Fsp3) is 0.452. The van der Waals surface area contributed by atoms with E-state index in [1.54, 1.807) is 20.4 Å². The van der Waals surface area contributed by atoms with E-state index in [1.807, 2.05) is 53.6 Å². The zero-order valence-electron chi connectivity index (χ0n) is 24.4. The van der Waals surface area contributed by atoms with Crippen LogP contribution in [0.15, 0.2) is 60.9 Å². The summed E-state index contributed by atoms with van der Waals surface area (Å²) < 4.78 is 22.0. The SMILES string of the molecule is COCc1cccnc1N1CCN(C(=O)[C@H]2COc3ccccc3O2)CC1.COCc1cccnc1N1CCNCC1. The van der Waals surface area contributed by atoms with E-state index < -0.39 is 6.10 Å². The first-order valence-corrected chi connectivity index (χ1v) is 14.4. The van der Waals surface area contributed by atoms with Crippen LogP contribution < -0.4 is 24.6 Å². The van der Waals surface area contributed by atoms with E-state index in [-0.39, 0.29) is 12.5 Å². The predicted octanol–water partition coefficient (Wildman–Crippen LogP) is 2.35. The van der Waals surface area contributed by atoms with Gasteiger partial charge in [0.25, 0.3) is 5.91 Å². The molecule has 3 aliphatic rings. The lowest BCUT2D eigenvalue weighted by Crippen LogP contribution is -2.54. The van der Waals surface area contributed by atoms with E-state index in [9.17, 15) is 4.79 Å². The Morgan fingerprint density at radius 3 is 1.98 bits per heavy atom. The summed E-state index contributed by atoms with van der Waals surface area (Å²) in [6.45, 7) is 8.21. The van der Waals surface area contributed by atoms with Crippen molar-refractivity contribution in [1.82, 2.24) is 20.2 Å². The lowest BCUT2D eigenvalue weighted by atomic mass is 10.2. The van der Waals surface area contributed by atoms with Crippen LogP contribution in [0.1, 0.15) is 11.1 Å². The maximum absolute atomic E-state index is 12.8. The fourth-order valence-electron chi connectivity index (χ4n) is 5.33. The molecule has 2 saturated heterocycles. The second-order valence-corrected chi connectivity index (χ2v) is 10.3. The van der Waals surface area contributed by atoms with Crippen LogP contribution in [0.5, 0.6) is 11.5 Å². The first-order chi connectivity index (χ1) is 20.7. The van der Waals surface area contributed by atoms with Crippen molar-refractivity contribution in [3.63, 3.8) is 0 Å². The molecule has 1 N–H and O–H groups in total. The number of aromatic nitrogens is 2. The van der Waals surface area contributed by atoms with E-state index in [4.69, 9.17) is 18.9 Å². The molecule has 1 atom stereocenters. The highest BCUT2D eigenvalue weighted by Gasteiger charge is 2.33. The number of methoxy groups -OCH3 is 2. The zero-order valence-corrected chi connectivity index (χ0v) is 24.4. The third-order valence-electron chi connectivity index (χ3n) is 7.43. The smallest absolute Gasteiger partial charge is 0.267 e. The van der Waals surface area contributed by atoms with Crippen molar-refractivity contribution in [3.8, 4) is 11.5 Å². The number of nitrogens with zero attached hydrogens (tertiary/aromatic N) is 5. The first kappa shape index (κ1) is 29.6. The van der Waals surface area contributed by atoms with Crippen LogP contribution in [0.4, 0.5) is 11.6 Å². The van der Waals surface area contributed by atoms with Gasteiger partial charge < -0.3 is 39.0 Å². The number of pyridine rings is 2. The topological polar surface area (TPSA) is 102 Å². The third-order valence-corrected chi connectivity index (χ3v) is 7.43. The molecule has 1 amide bonds. The van der Waals surface area contributed by atoms with Crippen molar-refractivity contribution in [3.05, 3.63) is 72.1 Å². The number of carbonyl (C=O) groups excluding carboxylic acids is 1. The number of ether oxygens (including phenoxy) is 4. The van der Waals surface area contributed by atoms with Gasteiger partial charge in [-0.1, -0.05) is 24.3 Å². The number of hydrogen-bond acceptors (Lipinski definition) is 10. The van der Waals surface area contributed by atoms with Gasteiger partial charge in [0, 0.05) is 90.1 Å². The molecule has 0 saturated carbocycles. The van der Waals surface area contributed by atoms with Crippen LogP contribution in [0.25, 0.3) is 0 Å². The summed E-state index contributed by atoms with van der Waals surface area (Å²) in [5, 5.41) is 3.34. The number of amides is 1. The number of fused-ring (bicyclic) bond motifs is 1. The number of carbonyl (C=O) groups is 1. The Morgan fingerprint density at radius 2 is 1.38 bits per heavy atom. The molecule has 5 heterocycles. The largest absolute Gasteiger partial charge is 0.485 e. The molecular formula is C31H40N6O5. The normalized spacial score (nSPS) is 18.2. The Kier molecular flexibility index (Phi) is 10.4. The second-order valence-electron chi connectivity index (χ2n) is 10.3. The molecule has 224 valence electrons. The minimum absolute atomic E-state index is 0.0257. The summed E-state index contributed by atoms with van der Waals surface area (Å²) in [7, 11) is 3.40. The van der Waals surface area contributed by atoms with Gasteiger partial charge in [0.1, 0.15) is 18.2 Å². The molecule has 11 nitrogen and oxygen atoms in total. The summed E-state index contributed by atoms with van der Waals surface area (Å²) in [6, 6.07) is 15.4. The van der Waals surface area contributed by atoms with Crippen molar-refractivity contribution in [2.24, 2.45) is 0 Å². The van der Waals surface area contributed by atoms with Gasteiger partial charge in [-0.15, -0.1) is 0 Å². The lowest BCUT2D eigenvalue weighted by Gasteiger charge is -2.38. The van der Waals surface area contributed by atoms with E-state index in [2.05, 4.69) is 31.2 Å². The highest BCUT2D eigenvalue weighted by Crippen LogP contribution is 2.31. The molecular weight excluding hydrogens is 536 g/mol. The molecule has 42 heavy (non-hydrogen) atoms. The Morgan fingerprint density at radius 1 is 0.810 bits per heavy atom. The average molecular weight is 577 g/mol. The molecule has 11 heteroatoms. The summed E-state index contributed by atoms with van der Waals surface area (Å²) in [6.07, 6.45) is 3.04. The maximum atomic E-state index is 12.8. The van der Waals surface area contributed by atoms with E-state index >= 15 is 0 Å². The molecule has 2 fully saturated rings. The quantitative estimate of drug-likeness (QED) is 0.451. The van der Waals surface area contributed by atoms with Crippen LogP contribution in [0, 0.1) is 0 Å². The Hall–Kier alpha value is -3.93. The van der Waals surface area contributed by atoms with Crippen LogP contribution >= 0.6 is 0 Å². The van der Waals surface area contributed by atoms with Crippen LogP contribution in [-0.2, 0) is 27.5 Å². The van der Waals surface area contributed by atoms with Crippen molar-refractivity contribution < 1.29 is 23.7 Å². The molecule has 1 aromatic carbocycles. The molecule has 3 aromatic rings. The number of anilines is 2. The van der Waals surface area contributed by atoms with Gasteiger partial charge in [0.2, 0.25) is 6.10 Å². The van der Waals surface area contributed by atoms with E-state index in [0.717, 1.165) is 56.5 Å². The lowest BCUT2D eigenvalue weighted by molar-refractivity contribution is -0.141. The van der Waals surface area contributed by atoms with E-state index in [1.165, 1.54) is 5.56 Å². The van der Waals surface area contributed by atoms with E-state index in [0.29, 0.717) is 37.8 Å². The van der Waals surface area contributed by atoms with Gasteiger partial charge in [-0.05, 0) is 24.3 Å². The Balaban J connectivity index is 0.000000199. The molecule has 0 spiro atoms. The zero-order chi connectivity index (χ0) is 29.1. The number of benzene rings is 1. The minimum Gasteiger partial charge on any atom is -0.485 e. The highest BCUT2D eigenvalue weighted by atomic mass is 16.6. The Bertz CT molecular complexity index is 1300. The first-order valence-electron chi connectivity index (χ1n) is 14.4. The average Bonchev–Trinajstić information content (AvgIpc) is 3.06. The molecule has 6 rings (SSSR count). The van der Waals surface area contributed by atoms with Crippen molar-refractivity contribution >= 4 is 17.5 Å². The maximum Gasteiger partial charge on any atom is 0.267 e. The summed E-state index contributed by atoms with van der Waals surface area (Å²) >= 11 is 0. The van der Waals surface area contributed by atoms with Gasteiger partial charge >= 0.3 is 0 Å². The molecule has 0 aliphatic carbocycles. The standard InChI is InChI=1S/C20H23N3O4.C11H17N3O/c1-25-13-15-5-4-8-21-19(15)22-9-11-23(12-10-22)20(24)18-14-26-16-6-2-3-7-17(16)27-18;1-15-9-10-3-2-4-13-11(10)14-7-5-12-6-8-14/h2-8,18H,9-14H2,1H3;2-4,12H,5-9H2,1H3/t18-;/m1./s1. The van der Waals surface area contributed by atoms with Crippen LogP contribution in [0.2, 0.25) is 0 Å². The number of rotatable bonds is 7. The molecule has 0 bridgehead atoms. The number of hydrogen-bond donors (Lipinski definition) is 1. The summed E-state index contributed by atoms with van der Waals surface area (Å²) in [5.74, 6) is 3.28. The fourth-order valence-corrected chi connectivity index (χ4v) is 5.33. The molecule has 0 radical (unpaired) electrons. The van der Waals surface area contributed by atoms with Gasteiger partial charge in [-0.3, -0.25) is 4.79 Å². The number of para-hydroxylation sites is 2. The number of nitrogens with one attached hydrogen (secondary N) is 1. The van der Waals surface area contributed by atoms with Gasteiger partial charge in [-0.2, -0.15) is 0 Å². The van der Waals surface area contributed by atoms with Gasteiger partial charge in [0.15, 0.2) is 11.5 Å². The van der Waals surface area contributed by atoms with Crippen molar-refractivity contribution in [2.45, 2.75) is 19.3 Å². The Labute approximate surface area is 247 Å². The summed E-state index contributed by atoms with van der Waals surface area (Å²) in [4.78, 5) is 28.1.